The molecule has 0 saturated heterocycles. The van der Waals surface area contributed by atoms with Crippen molar-refractivity contribution in [3.05, 3.63) is 59.7 Å². The van der Waals surface area contributed by atoms with Crippen molar-refractivity contribution in [2.75, 3.05) is 20.2 Å². The Hall–Kier alpha value is -3.35. The number of hydrogen-bond donors (Lipinski definition) is 2. The molecule has 2 N–H and O–H groups in total. The predicted molar refractivity (Wildman–Crippen MR) is 135 cm³/mol. The van der Waals surface area contributed by atoms with Crippen molar-refractivity contribution in [1.29, 1.82) is 0 Å². The number of carbonyl (C=O) groups excluding carboxylic acids is 2. The fourth-order valence-corrected chi connectivity index (χ4v) is 4.74. The Morgan fingerprint density at radius 1 is 0.943 bits per heavy atom. The largest absolute Gasteiger partial charge is 0.480 e. The van der Waals surface area contributed by atoms with Crippen LogP contribution in [0.25, 0.3) is 11.1 Å². The Kier molecular flexibility index (Phi) is 9.70. The molecule has 0 spiro atoms. The van der Waals surface area contributed by atoms with Gasteiger partial charge < -0.3 is 20.1 Å². The van der Waals surface area contributed by atoms with Gasteiger partial charge >= 0.3 is 12.1 Å². The van der Waals surface area contributed by atoms with Crippen LogP contribution < -0.4 is 5.32 Å². The third-order valence-electron chi connectivity index (χ3n) is 6.71. The molecule has 2 aromatic rings. The highest BCUT2D eigenvalue weighted by Crippen LogP contribution is 2.44. The maximum Gasteiger partial charge on any atom is 0.407 e. The number of unbranched alkanes of at least 4 members (excludes halogenated alkanes) is 4. The van der Waals surface area contributed by atoms with Gasteiger partial charge in [-0.05, 0) is 41.5 Å². The molecule has 3 rings (SSSR count). The van der Waals surface area contributed by atoms with Gasteiger partial charge in [-0.1, -0.05) is 74.7 Å². The number of carbonyl (C=O) groups is 3. The highest BCUT2D eigenvalue weighted by atomic mass is 16.5. The first-order valence-electron chi connectivity index (χ1n) is 12.5. The summed E-state index contributed by atoms with van der Waals surface area (Å²) < 4.78 is 5.54. The van der Waals surface area contributed by atoms with Crippen LogP contribution in [0.5, 0.6) is 0 Å². The van der Waals surface area contributed by atoms with E-state index in [1.165, 1.54) is 27.2 Å². The molecule has 1 aliphatic rings. The number of nitrogens with one attached hydrogen (secondary N) is 1. The monoisotopic (exact) mass is 480 g/mol. The van der Waals surface area contributed by atoms with Crippen LogP contribution in [0, 0.1) is 0 Å². The Labute approximate surface area is 207 Å². The maximum absolute atomic E-state index is 12.2. The van der Waals surface area contributed by atoms with Crippen LogP contribution in [0.1, 0.15) is 68.9 Å². The number of ether oxygens (including phenoxy) is 1. The molecule has 2 aromatic carbocycles. The molecule has 7 heteroatoms. The van der Waals surface area contributed by atoms with E-state index in [0.717, 1.165) is 32.1 Å². The summed E-state index contributed by atoms with van der Waals surface area (Å²) in [5, 5.41) is 12.0. The number of amides is 2. The van der Waals surface area contributed by atoms with Crippen LogP contribution >= 0.6 is 0 Å². The number of alkyl carbamates (subject to hydrolysis) is 1. The van der Waals surface area contributed by atoms with Crippen LogP contribution in [0.4, 0.5) is 4.79 Å². The molecule has 1 aliphatic carbocycles. The molecule has 1 unspecified atom stereocenters. The van der Waals surface area contributed by atoms with Gasteiger partial charge in [-0.15, -0.1) is 0 Å². The van der Waals surface area contributed by atoms with Crippen molar-refractivity contribution < 1.29 is 24.2 Å². The van der Waals surface area contributed by atoms with Gasteiger partial charge in [-0.25, -0.2) is 9.59 Å². The Morgan fingerprint density at radius 2 is 1.51 bits per heavy atom. The zero-order valence-electron chi connectivity index (χ0n) is 20.7. The summed E-state index contributed by atoms with van der Waals surface area (Å²) in [4.78, 5) is 36.9. The van der Waals surface area contributed by atoms with E-state index >= 15 is 0 Å². The lowest BCUT2D eigenvalue weighted by molar-refractivity contribution is -0.149. The van der Waals surface area contributed by atoms with Crippen LogP contribution in [0.2, 0.25) is 0 Å². The van der Waals surface area contributed by atoms with E-state index in [1.54, 1.807) is 14.0 Å². The molecule has 2 amide bonds. The number of hydrogen-bond acceptors (Lipinski definition) is 4. The van der Waals surface area contributed by atoms with Crippen molar-refractivity contribution in [3.8, 4) is 11.1 Å². The first-order valence-corrected chi connectivity index (χ1v) is 12.5. The molecule has 7 nitrogen and oxygen atoms in total. The Balaban J connectivity index is 1.28. The fourth-order valence-electron chi connectivity index (χ4n) is 4.74. The quantitative estimate of drug-likeness (QED) is 0.385. The third kappa shape index (κ3) is 6.84. The number of likely N-dealkylation sites (N-methyl/N-ethyl adjacent to an activating group) is 1. The van der Waals surface area contributed by atoms with Crippen molar-refractivity contribution in [1.82, 2.24) is 10.2 Å². The van der Waals surface area contributed by atoms with E-state index < -0.39 is 18.1 Å². The SMILES string of the molecule is CCC(C(=O)O)N(C)C(=O)CCCCCCCNC(=O)OCC1c2ccccc2-c2ccccc21. The summed E-state index contributed by atoms with van der Waals surface area (Å²) >= 11 is 0. The highest BCUT2D eigenvalue weighted by molar-refractivity contribution is 5.83. The molecular weight excluding hydrogens is 444 g/mol. The molecule has 35 heavy (non-hydrogen) atoms. The second-order valence-electron chi connectivity index (χ2n) is 9.04. The van der Waals surface area contributed by atoms with Crippen molar-refractivity contribution in [2.45, 2.75) is 63.8 Å². The van der Waals surface area contributed by atoms with Gasteiger partial charge in [0.1, 0.15) is 12.6 Å². The second kappa shape index (κ2) is 12.9. The van der Waals surface area contributed by atoms with Crippen LogP contribution in [-0.4, -0.2) is 54.2 Å². The number of benzene rings is 2. The third-order valence-corrected chi connectivity index (χ3v) is 6.71. The molecule has 0 saturated carbocycles. The lowest BCUT2D eigenvalue weighted by Gasteiger charge is -2.23. The lowest BCUT2D eigenvalue weighted by atomic mass is 9.98. The van der Waals surface area contributed by atoms with Gasteiger partial charge in [0.2, 0.25) is 5.91 Å². The molecule has 188 valence electrons. The number of carboxylic acids is 1. The average molecular weight is 481 g/mol. The van der Waals surface area contributed by atoms with Crippen molar-refractivity contribution >= 4 is 18.0 Å². The molecule has 0 aliphatic heterocycles. The molecule has 0 fully saturated rings. The first-order chi connectivity index (χ1) is 16.9. The Bertz CT molecular complexity index is 976. The number of aliphatic carboxylic acids is 1. The molecule has 0 aromatic heterocycles. The van der Waals surface area contributed by atoms with E-state index in [9.17, 15) is 14.4 Å². The number of fused-ring (bicyclic) bond motifs is 3. The topological polar surface area (TPSA) is 95.9 Å². The molecule has 0 radical (unpaired) electrons. The summed E-state index contributed by atoms with van der Waals surface area (Å²) in [6.45, 7) is 2.62. The summed E-state index contributed by atoms with van der Waals surface area (Å²) in [6.07, 6.45) is 4.74. The van der Waals surface area contributed by atoms with Crippen LogP contribution in [-0.2, 0) is 14.3 Å². The second-order valence-corrected chi connectivity index (χ2v) is 9.04. The Morgan fingerprint density at radius 3 is 2.11 bits per heavy atom. The number of nitrogens with zero attached hydrogens (tertiary/aromatic N) is 1. The smallest absolute Gasteiger partial charge is 0.407 e. The van der Waals surface area contributed by atoms with Gasteiger partial charge in [0, 0.05) is 25.9 Å². The van der Waals surface area contributed by atoms with E-state index in [1.807, 2.05) is 24.3 Å². The molecule has 0 bridgehead atoms. The van der Waals surface area contributed by atoms with Gasteiger partial charge in [-0.3, -0.25) is 4.79 Å². The summed E-state index contributed by atoms with van der Waals surface area (Å²) in [7, 11) is 1.56. The van der Waals surface area contributed by atoms with Crippen molar-refractivity contribution in [2.24, 2.45) is 0 Å². The van der Waals surface area contributed by atoms with Crippen LogP contribution in [0.15, 0.2) is 48.5 Å². The summed E-state index contributed by atoms with van der Waals surface area (Å²) in [6, 6.07) is 15.8. The number of carboxylic acid groups (broad SMARTS) is 1. The van der Waals surface area contributed by atoms with Crippen molar-refractivity contribution in [3.63, 3.8) is 0 Å². The zero-order chi connectivity index (χ0) is 25.2. The normalized spacial score (nSPS) is 13.0. The van der Waals surface area contributed by atoms with Gasteiger partial charge in [0.15, 0.2) is 0 Å². The van der Waals surface area contributed by atoms with Gasteiger partial charge in [-0.2, -0.15) is 0 Å². The van der Waals surface area contributed by atoms with E-state index in [2.05, 4.69) is 29.6 Å². The molecule has 1 atom stereocenters. The van der Waals surface area contributed by atoms with E-state index in [0.29, 0.717) is 26.0 Å². The predicted octanol–water partition coefficient (Wildman–Crippen LogP) is 5.19. The van der Waals surface area contributed by atoms with Gasteiger partial charge in [0.25, 0.3) is 0 Å². The maximum atomic E-state index is 12.2. The zero-order valence-corrected chi connectivity index (χ0v) is 20.7. The first kappa shape index (κ1) is 26.3. The van der Waals surface area contributed by atoms with E-state index in [-0.39, 0.29) is 11.8 Å². The number of rotatable bonds is 13. The standard InChI is InChI=1S/C28H36N2O5/c1-3-25(27(32)33)30(2)26(31)17-7-5-4-6-12-18-29-28(34)35-19-24-22-15-10-8-13-20(22)21-14-9-11-16-23(21)24/h8-11,13-16,24-25H,3-7,12,17-19H2,1-2H3,(H,29,34)(H,32,33). The van der Waals surface area contributed by atoms with Gasteiger partial charge in [0.05, 0.1) is 0 Å². The van der Waals surface area contributed by atoms with E-state index in [4.69, 9.17) is 9.84 Å². The summed E-state index contributed by atoms with van der Waals surface area (Å²) in [5.74, 6) is -1.04. The summed E-state index contributed by atoms with van der Waals surface area (Å²) in [5.41, 5.74) is 4.80. The fraction of sp³-hybridized carbons (Fsp3) is 0.464. The minimum Gasteiger partial charge on any atom is -0.480 e. The molecule has 0 heterocycles. The minimum absolute atomic E-state index is 0.0537. The average Bonchev–Trinajstić information content (AvgIpc) is 3.18. The molecular formula is C28H36N2O5. The van der Waals surface area contributed by atoms with Crippen LogP contribution in [0.3, 0.4) is 0 Å². The highest BCUT2D eigenvalue weighted by Gasteiger charge is 2.29. The minimum atomic E-state index is -0.966. The lowest BCUT2D eigenvalue weighted by Crippen LogP contribution is -2.41.